The van der Waals surface area contributed by atoms with Crippen molar-refractivity contribution < 1.29 is 19.1 Å². The molecule has 1 heterocycles. The second kappa shape index (κ2) is 6.86. The maximum atomic E-state index is 12.3. The first kappa shape index (κ1) is 15.9. The van der Waals surface area contributed by atoms with Crippen LogP contribution in [0.4, 0.5) is 0 Å². The molecule has 1 fully saturated rings. The molecule has 6 heteroatoms. The maximum absolute atomic E-state index is 12.3. The van der Waals surface area contributed by atoms with Gasteiger partial charge in [-0.25, -0.2) is 0 Å². The molecule has 0 aromatic carbocycles. The Morgan fingerprint density at radius 3 is 2.53 bits per heavy atom. The van der Waals surface area contributed by atoms with Gasteiger partial charge in [-0.2, -0.15) is 0 Å². The topological polar surface area (TPSA) is 67.9 Å². The van der Waals surface area contributed by atoms with Crippen LogP contribution in [-0.4, -0.2) is 61.8 Å². The number of nitrogens with zero attached hydrogens (tertiary/aromatic N) is 1. The highest BCUT2D eigenvalue weighted by Crippen LogP contribution is 2.19. The Kier molecular flexibility index (Phi) is 5.75. The van der Waals surface area contributed by atoms with Gasteiger partial charge in [0.05, 0.1) is 19.8 Å². The minimum Gasteiger partial charge on any atom is -0.382 e. The van der Waals surface area contributed by atoms with Crippen molar-refractivity contribution in [2.75, 3.05) is 33.5 Å². The lowest BCUT2D eigenvalue weighted by atomic mass is 9.96. The standard InChI is InChI=1S/C13H24N2O4/c1-5-10-11(16)14-13(2,3)12(17)15(10)6-7-19-9-8-18-4/h10H,5-9H2,1-4H3,(H,14,16). The Morgan fingerprint density at radius 1 is 1.26 bits per heavy atom. The molecule has 1 unspecified atom stereocenters. The molecule has 110 valence electrons. The molecule has 0 saturated carbocycles. The van der Waals surface area contributed by atoms with Crippen LogP contribution < -0.4 is 5.32 Å². The number of nitrogens with one attached hydrogen (secondary N) is 1. The Labute approximate surface area is 114 Å². The summed E-state index contributed by atoms with van der Waals surface area (Å²) in [5, 5.41) is 2.76. The molecular weight excluding hydrogens is 248 g/mol. The van der Waals surface area contributed by atoms with Gasteiger partial charge in [0.2, 0.25) is 11.8 Å². The second-order valence-corrected chi connectivity index (χ2v) is 5.14. The average molecular weight is 272 g/mol. The Balaban J connectivity index is 2.59. The van der Waals surface area contributed by atoms with E-state index in [2.05, 4.69) is 5.32 Å². The molecule has 0 radical (unpaired) electrons. The Morgan fingerprint density at radius 2 is 1.95 bits per heavy atom. The van der Waals surface area contributed by atoms with E-state index in [-0.39, 0.29) is 11.8 Å². The van der Waals surface area contributed by atoms with E-state index in [9.17, 15) is 9.59 Å². The predicted octanol–water partition coefficient (Wildman–Crippen LogP) is 0.165. The van der Waals surface area contributed by atoms with Crippen LogP contribution in [0.5, 0.6) is 0 Å². The zero-order chi connectivity index (χ0) is 14.5. The lowest BCUT2D eigenvalue weighted by molar-refractivity contribution is -0.154. The van der Waals surface area contributed by atoms with E-state index in [0.717, 1.165) is 0 Å². The summed E-state index contributed by atoms with van der Waals surface area (Å²) in [5.41, 5.74) is -0.838. The Hall–Kier alpha value is -1.14. The fourth-order valence-corrected chi connectivity index (χ4v) is 2.16. The van der Waals surface area contributed by atoms with E-state index in [0.29, 0.717) is 32.8 Å². The summed E-state index contributed by atoms with van der Waals surface area (Å²) in [4.78, 5) is 25.9. The lowest BCUT2D eigenvalue weighted by Gasteiger charge is -2.42. The van der Waals surface area contributed by atoms with Gasteiger partial charge in [-0.05, 0) is 20.3 Å². The maximum Gasteiger partial charge on any atom is 0.248 e. The summed E-state index contributed by atoms with van der Waals surface area (Å²) in [6, 6.07) is -0.397. The minimum absolute atomic E-state index is 0.0608. The number of amides is 2. The number of carbonyl (C=O) groups is 2. The minimum atomic E-state index is -0.838. The van der Waals surface area contributed by atoms with Crippen LogP contribution in [0.1, 0.15) is 27.2 Å². The van der Waals surface area contributed by atoms with E-state index in [1.54, 1.807) is 25.9 Å². The van der Waals surface area contributed by atoms with Crippen molar-refractivity contribution in [3.8, 4) is 0 Å². The average Bonchev–Trinajstić information content (AvgIpc) is 2.34. The number of rotatable bonds is 7. The molecule has 19 heavy (non-hydrogen) atoms. The molecule has 1 atom stereocenters. The van der Waals surface area contributed by atoms with Gasteiger partial charge in [0.1, 0.15) is 11.6 Å². The van der Waals surface area contributed by atoms with Gasteiger partial charge in [0, 0.05) is 13.7 Å². The summed E-state index contributed by atoms with van der Waals surface area (Å²) in [7, 11) is 1.61. The highest BCUT2D eigenvalue weighted by Gasteiger charge is 2.44. The Bertz CT molecular complexity index is 331. The molecule has 0 aromatic rings. The molecule has 1 N–H and O–H groups in total. The van der Waals surface area contributed by atoms with Crippen LogP contribution in [0.25, 0.3) is 0 Å². The van der Waals surface area contributed by atoms with Gasteiger partial charge in [0.15, 0.2) is 0 Å². The van der Waals surface area contributed by atoms with Crippen molar-refractivity contribution in [1.29, 1.82) is 0 Å². The number of carbonyl (C=O) groups excluding carboxylic acids is 2. The number of hydrogen-bond acceptors (Lipinski definition) is 4. The summed E-state index contributed by atoms with van der Waals surface area (Å²) in [5.74, 6) is -0.154. The van der Waals surface area contributed by atoms with Gasteiger partial charge in [-0.1, -0.05) is 6.92 Å². The monoisotopic (exact) mass is 272 g/mol. The van der Waals surface area contributed by atoms with Crippen LogP contribution in [0.3, 0.4) is 0 Å². The van der Waals surface area contributed by atoms with E-state index in [1.807, 2.05) is 6.92 Å². The smallest absolute Gasteiger partial charge is 0.248 e. The second-order valence-electron chi connectivity index (χ2n) is 5.14. The molecule has 1 aliphatic rings. The summed E-state index contributed by atoms with van der Waals surface area (Å²) in [6.45, 7) is 7.19. The van der Waals surface area contributed by atoms with Crippen LogP contribution in [0.2, 0.25) is 0 Å². The van der Waals surface area contributed by atoms with Gasteiger partial charge in [-0.3, -0.25) is 9.59 Å². The van der Waals surface area contributed by atoms with E-state index < -0.39 is 11.6 Å². The fourth-order valence-electron chi connectivity index (χ4n) is 2.16. The van der Waals surface area contributed by atoms with Crippen LogP contribution in [-0.2, 0) is 19.1 Å². The quantitative estimate of drug-likeness (QED) is 0.671. The van der Waals surface area contributed by atoms with E-state index in [1.165, 1.54) is 0 Å². The van der Waals surface area contributed by atoms with Crippen molar-refractivity contribution in [3.05, 3.63) is 0 Å². The van der Waals surface area contributed by atoms with Gasteiger partial charge in [-0.15, -0.1) is 0 Å². The van der Waals surface area contributed by atoms with Crippen LogP contribution in [0.15, 0.2) is 0 Å². The summed E-state index contributed by atoms with van der Waals surface area (Å²) < 4.78 is 10.2. The number of ether oxygens (including phenoxy) is 2. The van der Waals surface area contributed by atoms with Gasteiger partial charge < -0.3 is 19.7 Å². The van der Waals surface area contributed by atoms with Crippen molar-refractivity contribution >= 4 is 11.8 Å². The first-order valence-electron chi connectivity index (χ1n) is 6.63. The zero-order valence-corrected chi connectivity index (χ0v) is 12.2. The third-order valence-corrected chi connectivity index (χ3v) is 3.21. The highest BCUT2D eigenvalue weighted by molar-refractivity contribution is 5.99. The molecule has 1 aliphatic heterocycles. The van der Waals surface area contributed by atoms with Gasteiger partial charge in [0.25, 0.3) is 0 Å². The van der Waals surface area contributed by atoms with Crippen LogP contribution in [0, 0.1) is 0 Å². The molecular formula is C13H24N2O4. The normalized spacial score (nSPS) is 22.5. The largest absolute Gasteiger partial charge is 0.382 e. The molecule has 1 rings (SSSR count). The third kappa shape index (κ3) is 3.91. The van der Waals surface area contributed by atoms with E-state index >= 15 is 0 Å². The van der Waals surface area contributed by atoms with Crippen molar-refractivity contribution in [2.45, 2.75) is 38.8 Å². The molecule has 2 amide bonds. The first-order chi connectivity index (χ1) is 8.94. The van der Waals surface area contributed by atoms with E-state index in [4.69, 9.17) is 9.47 Å². The molecule has 1 saturated heterocycles. The lowest BCUT2D eigenvalue weighted by Crippen LogP contribution is -2.68. The van der Waals surface area contributed by atoms with Crippen molar-refractivity contribution in [1.82, 2.24) is 10.2 Å². The SMILES string of the molecule is CCC1C(=O)NC(C)(C)C(=O)N1CCOCCOC. The molecule has 6 nitrogen and oxygen atoms in total. The molecule has 0 aliphatic carbocycles. The van der Waals surface area contributed by atoms with Gasteiger partial charge >= 0.3 is 0 Å². The third-order valence-electron chi connectivity index (χ3n) is 3.21. The molecule has 0 spiro atoms. The van der Waals surface area contributed by atoms with Crippen molar-refractivity contribution in [2.24, 2.45) is 0 Å². The van der Waals surface area contributed by atoms with Crippen LogP contribution >= 0.6 is 0 Å². The number of methoxy groups -OCH3 is 1. The summed E-state index contributed by atoms with van der Waals surface area (Å²) in [6.07, 6.45) is 0.603. The molecule has 0 bridgehead atoms. The highest BCUT2D eigenvalue weighted by atomic mass is 16.5. The predicted molar refractivity (Wildman–Crippen MR) is 70.7 cm³/mol. The fraction of sp³-hybridized carbons (Fsp3) is 0.846. The molecule has 0 aromatic heterocycles. The summed E-state index contributed by atoms with van der Waals surface area (Å²) >= 11 is 0. The van der Waals surface area contributed by atoms with Crippen molar-refractivity contribution in [3.63, 3.8) is 0 Å². The first-order valence-corrected chi connectivity index (χ1v) is 6.63. The number of piperazine rings is 1. The number of hydrogen-bond donors (Lipinski definition) is 1. The zero-order valence-electron chi connectivity index (χ0n) is 12.2.